The molecule has 0 saturated heterocycles. The first-order chi connectivity index (χ1) is 8.73. The molecule has 2 N–H and O–H groups in total. The van der Waals surface area contributed by atoms with Crippen molar-refractivity contribution in [2.24, 2.45) is 5.92 Å². The van der Waals surface area contributed by atoms with Crippen molar-refractivity contribution in [1.29, 1.82) is 0 Å². The van der Waals surface area contributed by atoms with Gasteiger partial charge < -0.3 is 15.2 Å². The molecule has 1 rings (SSSR count). The van der Waals surface area contributed by atoms with Crippen LogP contribution in [-0.4, -0.2) is 35.2 Å². The van der Waals surface area contributed by atoms with Crippen LogP contribution in [0.1, 0.15) is 52.9 Å². The number of aliphatic carboxylic acids is 1. The van der Waals surface area contributed by atoms with Crippen LogP contribution in [0.2, 0.25) is 0 Å². The number of carbonyl (C=O) groups excluding carboxylic acids is 1. The summed E-state index contributed by atoms with van der Waals surface area (Å²) in [4.78, 5) is 23.1. The van der Waals surface area contributed by atoms with Crippen LogP contribution in [0.15, 0.2) is 0 Å². The van der Waals surface area contributed by atoms with E-state index in [0.29, 0.717) is 6.42 Å². The lowest BCUT2D eigenvalue weighted by molar-refractivity contribution is -0.141. The number of nitrogens with one attached hydrogen (secondary N) is 1. The number of carbonyl (C=O) groups is 2. The maximum atomic E-state index is 12.1. The highest BCUT2D eigenvalue weighted by atomic mass is 16.5. The first-order valence-electron chi connectivity index (χ1n) is 6.81. The van der Waals surface area contributed by atoms with Gasteiger partial charge in [-0.05, 0) is 32.1 Å². The Kier molecular flexibility index (Phi) is 4.96. The zero-order valence-corrected chi connectivity index (χ0v) is 12.3. The summed E-state index contributed by atoms with van der Waals surface area (Å²) in [6.07, 6.45) is 3.11. The SMILES string of the molecule is COC1(CC(=O)NC(C)(CC(=O)O)C(C)C)CCC1. The van der Waals surface area contributed by atoms with E-state index in [1.54, 1.807) is 14.0 Å². The van der Waals surface area contributed by atoms with E-state index in [-0.39, 0.29) is 23.8 Å². The lowest BCUT2D eigenvalue weighted by Crippen LogP contribution is -2.54. The summed E-state index contributed by atoms with van der Waals surface area (Å²) >= 11 is 0. The van der Waals surface area contributed by atoms with Gasteiger partial charge in [0.1, 0.15) is 0 Å². The molecule has 1 amide bonds. The van der Waals surface area contributed by atoms with Gasteiger partial charge in [-0.2, -0.15) is 0 Å². The van der Waals surface area contributed by atoms with Crippen molar-refractivity contribution in [2.45, 2.75) is 64.0 Å². The van der Waals surface area contributed by atoms with Gasteiger partial charge in [0.15, 0.2) is 0 Å². The molecule has 1 aliphatic rings. The smallest absolute Gasteiger partial charge is 0.305 e. The zero-order chi connectivity index (χ0) is 14.7. The predicted octanol–water partition coefficient (Wildman–Crippen LogP) is 1.95. The van der Waals surface area contributed by atoms with Crippen LogP contribution in [0.25, 0.3) is 0 Å². The second-order valence-corrected chi connectivity index (χ2v) is 6.11. The van der Waals surface area contributed by atoms with Gasteiger partial charge in [-0.25, -0.2) is 0 Å². The van der Waals surface area contributed by atoms with E-state index in [0.717, 1.165) is 19.3 Å². The Morgan fingerprint density at radius 2 is 2.00 bits per heavy atom. The van der Waals surface area contributed by atoms with Crippen molar-refractivity contribution >= 4 is 11.9 Å². The van der Waals surface area contributed by atoms with E-state index in [9.17, 15) is 9.59 Å². The summed E-state index contributed by atoms with van der Waals surface area (Å²) in [6, 6.07) is 0. The van der Waals surface area contributed by atoms with Crippen LogP contribution in [0, 0.1) is 5.92 Å². The molecular formula is C14H25NO4. The van der Waals surface area contributed by atoms with Crippen LogP contribution < -0.4 is 5.32 Å². The van der Waals surface area contributed by atoms with E-state index < -0.39 is 11.5 Å². The zero-order valence-electron chi connectivity index (χ0n) is 12.3. The summed E-state index contributed by atoms with van der Waals surface area (Å²) in [5.74, 6) is -0.979. The van der Waals surface area contributed by atoms with Crippen molar-refractivity contribution < 1.29 is 19.4 Å². The van der Waals surface area contributed by atoms with Gasteiger partial charge in [-0.15, -0.1) is 0 Å². The molecule has 1 atom stereocenters. The fraction of sp³-hybridized carbons (Fsp3) is 0.857. The highest BCUT2D eigenvalue weighted by Gasteiger charge is 2.41. The monoisotopic (exact) mass is 271 g/mol. The molecule has 0 aromatic rings. The summed E-state index contributed by atoms with van der Waals surface area (Å²) in [5.41, 5.74) is -1.05. The van der Waals surface area contributed by atoms with Gasteiger partial charge in [0.2, 0.25) is 5.91 Å². The standard InChI is InChI=1S/C14H25NO4/c1-10(2)13(3,9-12(17)18)15-11(16)8-14(19-4)6-5-7-14/h10H,5-9H2,1-4H3,(H,15,16)(H,17,18). The third-order valence-corrected chi connectivity index (χ3v) is 4.40. The Bertz CT molecular complexity index is 344. The molecule has 1 saturated carbocycles. The lowest BCUT2D eigenvalue weighted by atomic mass is 9.77. The van der Waals surface area contributed by atoms with Gasteiger partial charge in [-0.1, -0.05) is 13.8 Å². The van der Waals surface area contributed by atoms with E-state index >= 15 is 0 Å². The number of rotatable bonds is 7. The van der Waals surface area contributed by atoms with Crippen molar-refractivity contribution in [3.05, 3.63) is 0 Å². The Hall–Kier alpha value is -1.10. The normalized spacial score (nSPS) is 20.5. The Morgan fingerprint density at radius 1 is 1.42 bits per heavy atom. The lowest BCUT2D eigenvalue weighted by Gasteiger charge is -2.41. The van der Waals surface area contributed by atoms with Crippen molar-refractivity contribution in [3.63, 3.8) is 0 Å². The second kappa shape index (κ2) is 5.90. The maximum absolute atomic E-state index is 12.1. The molecule has 5 heteroatoms. The quantitative estimate of drug-likeness (QED) is 0.742. The van der Waals surface area contributed by atoms with Gasteiger partial charge >= 0.3 is 5.97 Å². The molecule has 0 aromatic carbocycles. The second-order valence-electron chi connectivity index (χ2n) is 6.11. The largest absolute Gasteiger partial charge is 0.481 e. The summed E-state index contributed by atoms with van der Waals surface area (Å²) in [7, 11) is 1.63. The number of carboxylic acids is 1. The molecule has 0 spiro atoms. The number of carboxylic acid groups (broad SMARTS) is 1. The number of hydrogen-bond acceptors (Lipinski definition) is 3. The molecule has 1 fully saturated rings. The molecule has 1 aliphatic carbocycles. The Morgan fingerprint density at radius 3 is 2.32 bits per heavy atom. The fourth-order valence-corrected chi connectivity index (χ4v) is 2.39. The molecule has 0 heterocycles. The van der Waals surface area contributed by atoms with Gasteiger partial charge in [0.05, 0.1) is 18.4 Å². The van der Waals surface area contributed by atoms with Gasteiger partial charge in [-0.3, -0.25) is 9.59 Å². The average molecular weight is 271 g/mol. The minimum atomic E-state index is -0.901. The fourth-order valence-electron chi connectivity index (χ4n) is 2.39. The highest BCUT2D eigenvalue weighted by Crippen LogP contribution is 2.38. The van der Waals surface area contributed by atoms with Crippen LogP contribution >= 0.6 is 0 Å². The predicted molar refractivity (Wildman–Crippen MR) is 71.8 cm³/mol. The van der Waals surface area contributed by atoms with Gasteiger partial charge in [0, 0.05) is 12.6 Å². The highest BCUT2D eigenvalue weighted by molar-refractivity contribution is 5.79. The van der Waals surface area contributed by atoms with Gasteiger partial charge in [0.25, 0.3) is 0 Å². The molecule has 5 nitrogen and oxygen atoms in total. The molecular weight excluding hydrogens is 246 g/mol. The molecule has 0 aromatic heterocycles. The minimum Gasteiger partial charge on any atom is -0.481 e. The number of hydrogen-bond donors (Lipinski definition) is 2. The average Bonchev–Trinajstić information content (AvgIpc) is 2.21. The Labute approximate surface area is 114 Å². The number of methoxy groups -OCH3 is 1. The molecule has 19 heavy (non-hydrogen) atoms. The van der Waals surface area contributed by atoms with Crippen LogP contribution in [0.3, 0.4) is 0 Å². The summed E-state index contributed by atoms with van der Waals surface area (Å²) in [6.45, 7) is 5.61. The topological polar surface area (TPSA) is 75.6 Å². The number of amides is 1. The molecule has 0 radical (unpaired) electrons. The summed E-state index contributed by atoms with van der Waals surface area (Å²) < 4.78 is 5.42. The van der Waals surface area contributed by atoms with Crippen molar-refractivity contribution in [1.82, 2.24) is 5.32 Å². The third kappa shape index (κ3) is 3.93. The molecule has 110 valence electrons. The summed E-state index contributed by atoms with van der Waals surface area (Å²) in [5, 5.41) is 11.9. The van der Waals surface area contributed by atoms with Crippen molar-refractivity contribution in [2.75, 3.05) is 7.11 Å². The molecule has 0 bridgehead atoms. The van der Waals surface area contributed by atoms with Crippen molar-refractivity contribution in [3.8, 4) is 0 Å². The maximum Gasteiger partial charge on any atom is 0.305 e. The van der Waals surface area contributed by atoms with E-state index in [1.807, 2.05) is 13.8 Å². The van der Waals surface area contributed by atoms with E-state index in [1.165, 1.54) is 0 Å². The molecule has 1 unspecified atom stereocenters. The van der Waals surface area contributed by atoms with E-state index in [2.05, 4.69) is 5.32 Å². The van der Waals surface area contributed by atoms with Crippen LogP contribution in [0.4, 0.5) is 0 Å². The van der Waals surface area contributed by atoms with Crippen LogP contribution in [-0.2, 0) is 14.3 Å². The van der Waals surface area contributed by atoms with E-state index in [4.69, 9.17) is 9.84 Å². The third-order valence-electron chi connectivity index (χ3n) is 4.40. The minimum absolute atomic E-state index is 0.0486. The molecule has 0 aliphatic heterocycles. The number of ether oxygens (including phenoxy) is 1. The first-order valence-corrected chi connectivity index (χ1v) is 6.81. The first kappa shape index (κ1) is 16.0. The Balaban J connectivity index is 2.64. The van der Waals surface area contributed by atoms with Crippen LogP contribution in [0.5, 0.6) is 0 Å².